The first-order valence-corrected chi connectivity index (χ1v) is 8.87. The van der Waals surface area contributed by atoms with Gasteiger partial charge in [0, 0.05) is 31.6 Å². The molecule has 25 heavy (non-hydrogen) atoms. The number of carbonyl (C=O) groups is 2. The molecule has 2 aliphatic rings. The van der Waals surface area contributed by atoms with Gasteiger partial charge in [-0.3, -0.25) is 14.4 Å². The number of aliphatic hydroxyl groups is 1. The molecule has 0 unspecified atom stereocenters. The van der Waals surface area contributed by atoms with Gasteiger partial charge in [0.25, 0.3) is 5.91 Å². The van der Waals surface area contributed by atoms with Crippen LogP contribution in [0, 0.1) is 11.8 Å². The molecule has 0 saturated heterocycles. The number of hydroxylamine groups is 2. The Balaban J connectivity index is 1.55. The Morgan fingerprint density at radius 2 is 2.04 bits per heavy atom. The van der Waals surface area contributed by atoms with Crippen LogP contribution >= 0.6 is 0 Å². The van der Waals surface area contributed by atoms with E-state index in [1.165, 1.54) is 12.2 Å². The Morgan fingerprint density at radius 3 is 2.68 bits per heavy atom. The van der Waals surface area contributed by atoms with E-state index in [0.29, 0.717) is 12.5 Å². The minimum Gasteiger partial charge on any atom is -0.392 e. The third-order valence-electron chi connectivity index (χ3n) is 5.49. The first-order valence-electron chi connectivity index (χ1n) is 8.87. The maximum atomic E-state index is 12.6. The quantitative estimate of drug-likeness (QED) is 0.828. The van der Waals surface area contributed by atoms with E-state index in [1.54, 1.807) is 13.1 Å². The molecule has 1 aromatic carbocycles. The summed E-state index contributed by atoms with van der Waals surface area (Å²) in [6.07, 6.45) is 3.60. The van der Waals surface area contributed by atoms with Crippen LogP contribution in [0.15, 0.2) is 18.2 Å². The summed E-state index contributed by atoms with van der Waals surface area (Å²) in [7, 11) is 3.15. The largest absolute Gasteiger partial charge is 0.392 e. The zero-order valence-electron chi connectivity index (χ0n) is 14.9. The summed E-state index contributed by atoms with van der Waals surface area (Å²) in [4.78, 5) is 31.6. The highest BCUT2D eigenvalue weighted by atomic mass is 16.7. The van der Waals surface area contributed by atoms with E-state index in [4.69, 9.17) is 4.84 Å². The highest BCUT2D eigenvalue weighted by Crippen LogP contribution is 2.32. The molecule has 136 valence electrons. The molecule has 0 aromatic heterocycles. The van der Waals surface area contributed by atoms with Gasteiger partial charge in [0.15, 0.2) is 0 Å². The summed E-state index contributed by atoms with van der Waals surface area (Å²) in [5.74, 6) is 0.567. The van der Waals surface area contributed by atoms with Crippen molar-refractivity contribution in [3.8, 4) is 0 Å². The average molecular weight is 346 g/mol. The average Bonchev–Trinajstić information content (AvgIpc) is 2.96. The molecule has 0 spiro atoms. The van der Waals surface area contributed by atoms with E-state index in [-0.39, 0.29) is 24.3 Å². The first-order chi connectivity index (χ1) is 12.0. The van der Waals surface area contributed by atoms with Crippen molar-refractivity contribution in [3.05, 3.63) is 34.9 Å². The van der Waals surface area contributed by atoms with Gasteiger partial charge in [-0.15, -0.1) is 0 Å². The van der Waals surface area contributed by atoms with Crippen LogP contribution in [0.1, 0.15) is 47.2 Å². The van der Waals surface area contributed by atoms with Crippen LogP contribution < -0.4 is 0 Å². The fourth-order valence-corrected chi connectivity index (χ4v) is 3.90. The van der Waals surface area contributed by atoms with Crippen LogP contribution in [0.5, 0.6) is 0 Å². The number of aliphatic hydroxyl groups excluding tert-OH is 1. The van der Waals surface area contributed by atoms with E-state index in [0.717, 1.165) is 48.9 Å². The van der Waals surface area contributed by atoms with Gasteiger partial charge in [-0.2, -0.15) is 0 Å². The van der Waals surface area contributed by atoms with Crippen molar-refractivity contribution in [1.82, 2.24) is 9.96 Å². The summed E-state index contributed by atoms with van der Waals surface area (Å²) < 4.78 is 0. The highest BCUT2D eigenvalue weighted by molar-refractivity contribution is 5.98. The molecule has 1 aliphatic carbocycles. The number of nitrogens with zero attached hydrogens (tertiary/aromatic N) is 2. The van der Waals surface area contributed by atoms with E-state index >= 15 is 0 Å². The smallest absolute Gasteiger partial charge is 0.254 e. The molecular formula is C19H26N2O4. The van der Waals surface area contributed by atoms with E-state index < -0.39 is 0 Å². The zero-order chi connectivity index (χ0) is 18.0. The lowest BCUT2D eigenvalue weighted by molar-refractivity contribution is -0.174. The number of hydrogen-bond acceptors (Lipinski definition) is 4. The molecule has 6 nitrogen and oxygen atoms in total. The van der Waals surface area contributed by atoms with Gasteiger partial charge >= 0.3 is 0 Å². The number of carbonyl (C=O) groups excluding carboxylic acids is 2. The molecule has 3 rings (SSSR count). The Morgan fingerprint density at radius 1 is 1.32 bits per heavy atom. The standard InChI is InChI=1S/C19H26N2O4/c1-20(25-2)18(23)15-6-3-13(4-7-15)10-21-11-16-8-5-14(12-22)9-17(16)19(21)24/h5,8-9,13,15,22H,3-4,6-7,10-12H2,1-2H3. The molecule has 1 aliphatic heterocycles. The molecule has 1 saturated carbocycles. The minimum absolute atomic E-state index is 0.0276. The fraction of sp³-hybridized carbons (Fsp3) is 0.579. The molecule has 1 aromatic rings. The van der Waals surface area contributed by atoms with Crippen LogP contribution in [-0.4, -0.2) is 47.6 Å². The highest BCUT2D eigenvalue weighted by Gasteiger charge is 2.33. The van der Waals surface area contributed by atoms with E-state index in [2.05, 4.69) is 0 Å². The lowest BCUT2D eigenvalue weighted by atomic mass is 9.81. The van der Waals surface area contributed by atoms with Crippen LogP contribution in [0.25, 0.3) is 0 Å². The molecule has 1 N–H and O–H groups in total. The lowest BCUT2D eigenvalue weighted by Crippen LogP contribution is -2.36. The van der Waals surface area contributed by atoms with Crippen molar-refractivity contribution in [3.63, 3.8) is 0 Å². The normalized spacial score (nSPS) is 22.8. The number of fused-ring (bicyclic) bond motifs is 1. The van der Waals surface area contributed by atoms with E-state index in [1.807, 2.05) is 17.0 Å². The maximum absolute atomic E-state index is 12.6. The van der Waals surface area contributed by atoms with Gasteiger partial charge in [0.1, 0.15) is 0 Å². The SMILES string of the molecule is CON(C)C(=O)C1CCC(CN2Cc3ccc(CO)cc3C2=O)CC1. The van der Waals surface area contributed by atoms with Crippen LogP contribution in [-0.2, 0) is 22.8 Å². The fourth-order valence-electron chi connectivity index (χ4n) is 3.90. The van der Waals surface area contributed by atoms with Gasteiger partial charge in [0.2, 0.25) is 5.91 Å². The summed E-state index contributed by atoms with van der Waals surface area (Å²) in [5, 5.41) is 10.6. The third kappa shape index (κ3) is 3.70. The van der Waals surface area contributed by atoms with E-state index in [9.17, 15) is 14.7 Å². The predicted molar refractivity (Wildman–Crippen MR) is 92.3 cm³/mol. The van der Waals surface area contributed by atoms with Gasteiger partial charge in [-0.25, -0.2) is 5.06 Å². The summed E-state index contributed by atoms with van der Waals surface area (Å²) >= 11 is 0. The lowest BCUT2D eigenvalue weighted by Gasteiger charge is -2.31. The molecule has 1 heterocycles. The molecule has 0 radical (unpaired) electrons. The summed E-state index contributed by atoms with van der Waals surface area (Å²) in [6, 6.07) is 5.61. The van der Waals surface area contributed by atoms with Gasteiger partial charge < -0.3 is 10.0 Å². The Kier molecular flexibility index (Phi) is 5.39. The Hall–Kier alpha value is -1.92. The molecule has 0 bridgehead atoms. The van der Waals surface area contributed by atoms with Gasteiger partial charge in [-0.1, -0.05) is 12.1 Å². The van der Waals surface area contributed by atoms with Crippen LogP contribution in [0.3, 0.4) is 0 Å². The summed E-state index contributed by atoms with van der Waals surface area (Å²) in [6.45, 7) is 1.34. The zero-order valence-corrected chi connectivity index (χ0v) is 14.9. The number of amides is 2. The number of benzene rings is 1. The molecule has 6 heteroatoms. The van der Waals surface area contributed by atoms with Gasteiger partial charge in [-0.05, 0) is 48.8 Å². The second-order valence-corrected chi connectivity index (χ2v) is 7.07. The molecule has 2 amide bonds. The Labute approximate surface area is 148 Å². The van der Waals surface area contributed by atoms with Crippen molar-refractivity contribution in [2.45, 2.75) is 38.8 Å². The minimum atomic E-state index is -0.0471. The second-order valence-electron chi connectivity index (χ2n) is 7.07. The third-order valence-corrected chi connectivity index (χ3v) is 5.49. The topological polar surface area (TPSA) is 70.1 Å². The summed E-state index contributed by atoms with van der Waals surface area (Å²) in [5.41, 5.74) is 2.53. The number of hydrogen-bond donors (Lipinski definition) is 1. The maximum Gasteiger partial charge on any atom is 0.254 e. The number of rotatable bonds is 5. The molecule has 1 fully saturated rings. The first kappa shape index (κ1) is 17.9. The Bertz CT molecular complexity index is 653. The van der Waals surface area contributed by atoms with Crippen molar-refractivity contribution in [2.24, 2.45) is 11.8 Å². The van der Waals surface area contributed by atoms with Crippen LogP contribution in [0.4, 0.5) is 0 Å². The van der Waals surface area contributed by atoms with Crippen LogP contribution in [0.2, 0.25) is 0 Å². The van der Waals surface area contributed by atoms with Crippen molar-refractivity contribution < 1.29 is 19.5 Å². The van der Waals surface area contributed by atoms with Crippen molar-refractivity contribution >= 4 is 11.8 Å². The predicted octanol–water partition coefficient (Wildman–Crippen LogP) is 1.96. The molecule has 0 atom stereocenters. The van der Waals surface area contributed by atoms with Gasteiger partial charge in [0.05, 0.1) is 13.7 Å². The van der Waals surface area contributed by atoms with Crippen molar-refractivity contribution in [2.75, 3.05) is 20.7 Å². The molecular weight excluding hydrogens is 320 g/mol. The second kappa shape index (κ2) is 7.54. The monoisotopic (exact) mass is 346 g/mol. The van der Waals surface area contributed by atoms with Crippen molar-refractivity contribution in [1.29, 1.82) is 0 Å².